The van der Waals surface area contributed by atoms with Crippen LogP contribution >= 0.6 is 0 Å². The minimum absolute atomic E-state index is 0.0941. The van der Waals surface area contributed by atoms with E-state index in [0.29, 0.717) is 11.1 Å². The number of aliphatic hydroxyl groups excluding tert-OH is 1. The summed E-state index contributed by atoms with van der Waals surface area (Å²) in [5.41, 5.74) is 0.898. The Morgan fingerprint density at radius 2 is 1.62 bits per heavy atom. The van der Waals surface area contributed by atoms with Gasteiger partial charge in [-0.15, -0.1) is 0 Å². The van der Waals surface area contributed by atoms with Gasteiger partial charge in [0.15, 0.2) is 0 Å². The van der Waals surface area contributed by atoms with Crippen molar-refractivity contribution >= 4 is 11.8 Å². The van der Waals surface area contributed by atoms with Gasteiger partial charge in [0.25, 0.3) is 11.8 Å². The maximum absolute atomic E-state index is 11.8. The Morgan fingerprint density at radius 1 is 1.06 bits per heavy atom. The Hall–Kier alpha value is -1.94. The zero-order valence-electron chi connectivity index (χ0n) is 8.59. The second-order valence-corrected chi connectivity index (χ2v) is 3.42. The standard InChI is InChI=1S/C12H11NO3/c14-8-4-3-7-13-11(15)9-5-1-2-6-10(9)12(13)16/h1-6,14H,7-8H2. The van der Waals surface area contributed by atoms with Crippen molar-refractivity contribution in [3.8, 4) is 0 Å². The van der Waals surface area contributed by atoms with Crippen LogP contribution < -0.4 is 0 Å². The first kappa shape index (κ1) is 10.6. The molecule has 0 aromatic heterocycles. The Morgan fingerprint density at radius 3 is 2.12 bits per heavy atom. The number of carbonyl (C=O) groups excluding carboxylic acids is 2. The summed E-state index contributed by atoms with van der Waals surface area (Å²) in [7, 11) is 0. The average molecular weight is 217 g/mol. The van der Waals surface area contributed by atoms with Crippen molar-refractivity contribution in [1.29, 1.82) is 0 Å². The van der Waals surface area contributed by atoms with E-state index in [1.807, 2.05) is 0 Å². The zero-order valence-corrected chi connectivity index (χ0v) is 8.59. The third-order valence-electron chi connectivity index (χ3n) is 2.44. The summed E-state index contributed by atoms with van der Waals surface area (Å²) >= 11 is 0. The van der Waals surface area contributed by atoms with Crippen molar-refractivity contribution in [3.05, 3.63) is 47.5 Å². The van der Waals surface area contributed by atoms with Crippen molar-refractivity contribution in [2.24, 2.45) is 0 Å². The number of fused-ring (bicyclic) bond motifs is 1. The molecule has 2 amide bonds. The summed E-state index contributed by atoms with van der Waals surface area (Å²) in [6.07, 6.45) is 3.10. The molecule has 16 heavy (non-hydrogen) atoms. The Bertz CT molecular complexity index is 430. The number of benzene rings is 1. The number of aliphatic hydroxyl groups is 1. The van der Waals surface area contributed by atoms with E-state index in [0.717, 1.165) is 4.90 Å². The first-order valence-corrected chi connectivity index (χ1v) is 4.97. The lowest BCUT2D eigenvalue weighted by Crippen LogP contribution is -2.29. The van der Waals surface area contributed by atoms with Crippen LogP contribution in [0.15, 0.2) is 36.4 Å². The molecule has 4 nitrogen and oxygen atoms in total. The molecular weight excluding hydrogens is 206 g/mol. The SMILES string of the molecule is O=C1c2ccccc2C(=O)N1CC=CCO. The van der Waals surface area contributed by atoms with Crippen molar-refractivity contribution in [3.63, 3.8) is 0 Å². The molecule has 1 aliphatic rings. The Balaban J connectivity index is 2.25. The van der Waals surface area contributed by atoms with Gasteiger partial charge in [0.2, 0.25) is 0 Å². The number of imide groups is 1. The van der Waals surface area contributed by atoms with Gasteiger partial charge in [-0.05, 0) is 12.1 Å². The van der Waals surface area contributed by atoms with E-state index in [1.165, 1.54) is 6.08 Å². The van der Waals surface area contributed by atoms with Crippen LogP contribution in [-0.4, -0.2) is 35.0 Å². The fourth-order valence-electron chi connectivity index (χ4n) is 1.66. The number of hydrogen-bond donors (Lipinski definition) is 1. The first-order chi connectivity index (χ1) is 7.75. The highest BCUT2D eigenvalue weighted by atomic mass is 16.2. The molecule has 2 rings (SSSR count). The van der Waals surface area contributed by atoms with E-state index in [1.54, 1.807) is 30.3 Å². The third-order valence-corrected chi connectivity index (χ3v) is 2.44. The maximum Gasteiger partial charge on any atom is 0.261 e. The molecule has 0 unspecified atom stereocenters. The van der Waals surface area contributed by atoms with Gasteiger partial charge in [0.1, 0.15) is 0 Å². The van der Waals surface area contributed by atoms with E-state index in [4.69, 9.17) is 5.11 Å². The van der Waals surface area contributed by atoms with Crippen LogP contribution in [0.2, 0.25) is 0 Å². The molecule has 1 N–H and O–H groups in total. The highest BCUT2D eigenvalue weighted by molar-refractivity contribution is 6.21. The van der Waals surface area contributed by atoms with E-state index in [9.17, 15) is 9.59 Å². The molecule has 0 atom stereocenters. The van der Waals surface area contributed by atoms with Crippen molar-refractivity contribution in [1.82, 2.24) is 4.90 Å². The number of amides is 2. The minimum Gasteiger partial charge on any atom is -0.392 e. The second kappa shape index (κ2) is 4.28. The highest BCUT2D eigenvalue weighted by Crippen LogP contribution is 2.21. The molecular formula is C12H11NO3. The van der Waals surface area contributed by atoms with Crippen LogP contribution in [-0.2, 0) is 0 Å². The fourth-order valence-corrected chi connectivity index (χ4v) is 1.66. The van der Waals surface area contributed by atoms with Gasteiger partial charge in [0, 0.05) is 6.54 Å². The van der Waals surface area contributed by atoms with Gasteiger partial charge >= 0.3 is 0 Å². The number of hydrogen-bond acceptors (Lipinski definition) is 3. The summed E-state index contributed by atoms with van der Waals surface area (Å²) in [5, 5.41) is 8.57. The van der Waals surface area contributed by atoms with Crippen LogP contribution in [0, 0.1) is 0 Å². The third kappa shape index (κ3) is 1.63. The molecule has 0 radical (unpaired) electrons. The largest absolute Gasteiger partial charge is 0.392 e. The van der Waals surface area contributed by atoms with E-state index < -0.39 is 0 Å². The minimum atomic E-state index is -0.275. The molecule has 0 aliphatic carbocycles. The van der Waals surface area contributed by atoms with E-state index in [-0.39, 0.29) is 25.0 Å². The normalized spacial score (nSPS) is 14.9. The molecule has 0 saturated carbocycles. The van der Waals surface area contributed by atoms with Gasteiger partial charge in [-0.1, -0.05) is 24.3 Å². The van der Waals surface area contributed by atoms with Crippen molar-refractivity contribution in [2.45, 2.75) is 0 Å². The molecule has 1 aromatic carbocycles. The average Bonchev–Trinajstić information content (AvgIpc) is 2.55. The van der Waals surface area contributed by atoms with Gasteiger partial charge in [0.05, 0.1) is 17.7 Å². The van der Waals surface area contributed by atoms with Gasteiger partial charge < -0.3 is 5.11 Å². The summed E-state index contributed by atoms with van der Waals surface area (Å²) in [6.45, 7) is 0.107. The van der Waals surface area contributed by atoms with Crippen molar-refractivity contribution in [2.75, 3.05) is 13.2 Å². The summed E-state index contributed by atoms with van der Waals surface area (Å²) in [4.78, 5) is 24.8. The van der Waals surface area contributed by atoms with Gasteiger partial charge in [-0.25, -0.2) is 0 Å². The molecule has 82 valence electrons. The van der Waals surface area contributed by atoms with Gasteiger partial charge in [-0.3, -0.25) is 14.5 Å². The molecule has 4 heteroatoms. The number of nitrogens with zero attached hydrogens (tertiary/aromatic N) is 1. The lowest BCUT2D eigenvalue weighted by Gasteiger charge is -2.09. The molecule has 1 aliphatic heterocycles. The molecule has 0 fully saturated rings. The van der Waals surface area contributed by atoms with Crippen LogP contribution in [0.3, 0.4) is 0 Å². The van der Waals surface area contributed by atoms with Crippen LogP contribution in [0.5, 0.6) is 0 Å². The first-order valence-electron chi connectivity index (χ1n) is 4.97. The van der Waals surface area contributed by atoms with Crippen LogP contribution in [0.4, 0.5) is 0 Å². The predicted molar refractivity (Wildman–Crippen MR) is 58.0 cm³/mol. The summed E-state index contributed by atoms with van der Waals surface area (Å²) < 4.78 is 0. The highest BCUT2D eigenvalue weighted by Gasteiger charge is 2.33. The molecule has 0 saturated heterocycles. The summed E-state index contributed by atoms with van der Waals surface area (Å²) in [6, 6.07) is 6.75. The topological polar surface area (TPSA) is 57.6 Å². The lowest BCUT2D eigenvalue weighted by atomic mass is 10.1. The van der Waals surface area contributed by atoms with Gasteiger partial charge in [-0.2, -0.15) is 0 Å². The zero-order chi connectivity index (χ0) is 11.5. The monoisotopic (exact) mass is 217 g/mol. The summed E-state index contributed by atoms with van der Waals surface area (Å²) in [5.74, 6) is -0.550. The molecule has 1 heterocycles. The fraction of sp³-hybridized carbons (Fsp3) is 0.167. The number of carbonyl (C=O) groups is 2. The molecule has 1 aromatic rings. The van der Waals surface area contributed by atoms with Crippen molar-refractivity contribution < 1.29 is 14.7 Å². The number of rotatable bonds is 3. The second-order valence-electron chi connectivity index (χ2n) is 3.42. The predicted octanol–water partition coefficient (Wildman–Crippen LogP) is 0.831. The van der Waals surface area contributed by atoms with E-state index in [2.05, 4.69) is 0 Å². The smallest absolute Gasteiger partial charge is 0.261 e. The lowest BCUT2D eigenvalue weighted by molar-refractivity contribution is 0.0671. The van der Waals surface area contributed by atoms with Crippen LogP contribution in [0.25, 0.3) is 0 Å². The molecule has 0 spiro atoms. The van der Waals surface area contributed by atoms with Crippen LogP contribution in [0.1, 0.15) is 20.7 Å². The van der Waals surface area contributed by atoms with E-state index >= 15 is 0 Å². The molecule has 0 bridgehead atoms. The Labute approximate surface area is 92.8 Å². The quantitative estimate of drug-likeness (QED) is 0.602. The maximum atomic E-state index is 11.8. The Kier molecular flexibility index (Phi) is 2.83.